The van der Waals surface area contributed by atoms with Crippen molar-refractivity contribution in [3.63, 3.8) is 0 Å². The van der Waals surface area contributed by atoms with Crippen molar-refractivity contribution in [1.82, 2.24) is 9.88 Å². The van der Waals surface area contributed by atoms with Crippen molar-refractivity contribution in [2.75, 3.05) is 12.4 Å². The fraction of sp³-hybridized carbons (Fsp3) is 0.450. The molecule has 0 bridgehead atoms. The van der Waals surface area contributed by atoms with Gasteiger partial charge in [0.1, 0.15) is 0 Å². The third kappa shape index (κ3) is 4.69. The molecule has 1 saturated carbocycles. The molecular formula is C20H25N3O2S. The summed E-state index contributed by atoms with van der Waals surface area (Å²) in [4.78, 5) is 32.1. The molecule has 1 fully saturated rings. The molecule has 0 aliphatic heterocycles. The molecule has 6 heteroatoms. The fourth-order valence-corrected chi connectivity index (χ4v) is 4.19. The number of aryl methyl sites for hydroxylation is 1. The second-order valence-electron chi connectivity index (χ2n) is 6.91. The molecule has 1 N–H and O–H groups in total. The number of anilines is 1. The summed E-state index contributed by atoms with van der Waals surface area (Å²) in [6, 6.07) is 7.20. The second kappa shape index (κ2) is 8.45. The highest BCUT2D eigenvalue weighted by molar-refractivity contribution is 7.11. The van der Waals surface area contributed by atoms with Gasteiger partial charge in [-0.15, -0.1) is 11.3 Å². The summed E-state index contributed by atoms with van der Waals surface area (Å²) in [5, 5.41) is 3.98. The number of nitrogens with one attached hydrogen (secondary N) is 1. The van der Waals surface area contributed by atoms with Crippen molar-refractivity contribution in [1.29, 1.82) is 0 Å². The Kier molecular flexibility index (Phi) is 6.04. The number of rotatable bonds is 5. The van der Waals surface area contributed by atoms with E-state index in [4.69, 9.17) is 0 Å². The fourth-order valence-electron chi connectivity index (χ4n) is 3.34. The van der Waals surface area contributed by atoms with Crippen LogP contribution in [0.3, 0.4) is 0 Å². The minimum absolute atomic E-state index is 0.0650. The van der Waals surface area contributed by atoms with Gasteiger partial charge in [-0.25, -0.2) is 4.98 Å². The summed E-state index contributed by atoms with van der Waals surface area (Å²) in [5.41, 5.74) is 1.27. The van der Waals surface area contributed by atoms with Gasteiger partial charge >= 0.3 is 0 Å². The molecule has 1 aliphatic rings. The lowest BCUT2D eigenvalue weighted by molar-refractivity contribution is -0.120. The van der Waals surface area contributed by atoms with E-state index in [1.54, 1.807) is 35.4 Å². The van der Waals surface area contributed by atoms with Crippen LogP contribution in [0.5, 0.6) is 0 Å². The smallest absolute Gasteiger partial charge is 0.253 e. The Morgan fingerprint density at radius 2 is 2.04 bits per heavy atom. The van der Waals surface area contributed by atoms with Crippen molar-refractivity contribution < 1.29 is 9.59 Å². The van der Waals surface area contributed by atoms with Crippen LogP contribution in [0.2, 0.25) is 0 Å². The summed E-state index contributed by atoms with van der Waals surface area (Å²) >= 11 is 1.59. The molecule has 1 aliphatic carbocycles. The first-order chi connectivity index (χ1) is 12.5. The predicted molar refractivity (Wildman–Crippen MR) is 104 cm³/mol. The molecule has 5 nitrogen and oxygen atoms in total. The van der Waals surface area contributed by atoms with Crippen LogP contribution in [0.4, 0.5) is 5.69 Å². The Labute approximate surface area is 158 Å². The Morgan fingerprint density at radius 1 is 1.27 bits per heavy atom. The SMILES string of the molecule is Cc1ncc(CN(C)C(=O)c2cccc(NC(=O)C3CCCCC3)c2)s1. The molecule has 2 amide bonds. The molecule has 26 heavy (non-hydrogen) atoms. The standard InChI is InChI=1S/C20H25N3O2S/c1-14-21-12-18(26-14)13-23(2)20(25)16-9-6-10-17(11-16)22-19(24)15-7-4-3-5-8-15/h6,9-12,15H,3-5,7-8,13H2,1-2H3,(H,22,24). The first-order valence-electron chi connectivity index (χ1n) is 9.10. The van der Waals surface area contributed by atoms with Crippen molar-refractivity contribution in [3.05, 3.63) is 45.9 Å². The summed E-state index contributed by atoms with van der Waals surface area (Å²) in [5.74, 6) is 0.105. The number of benzene rings is 1. The van der Waals surface area contributed by atoms with Crippen LogP contribution in [0.25, 0.3) is 0 Å². The van der Waals surface area contributed by atoms with Gasteiger partial charge in [-0.05, 0) is 38.0 Å². The van der Waals surface area contributed by atoms with Gasteiger partial charge < -0.3 is 10.2 Å². The number of amides is 2. The number of hydrogen-bond acceptors (Lipinski definition) is 4. The molecular weight excluding hydrogens is 346 g/mol. The molecule has 0 unspecified atom stereocenters. The van der Waals surface area contributed by atoms with Crippen LogP contribution in [0.15, 0.2) is 30.5 Å². The zero-order chi connectivity index (χ0) is 18.5. The molecule has 1 aromatic heterocycles. The molecule has 3 rings (SSSR count). The van der Waals surface area contributed by atoms with Gasteiger partial charge in [0.25, 0.3) is 5.91 Å². The van der Waals surface area contributed by atoms with Crippen LogP contribution in [-0.2, 0) is 11.3 Å². The van der Waals surface area contributed by atoms with Gasteiger partial charge in [-0.3, -0.25) is 9.59 Å². The lowest BCUT2D eigenvalue weighted by Crippen LogP contribution is -2.27. The monoisotopic (exact) mass is 371 g/mol. The quantitative estimate of drug-likeness (QED) is 0.855. The van der Waals surface area contributed by atoms with Crippen LogP contribution in [0.1, 0.15) is 52.3 Å². The largest absolute Gasteiger partial charge is 0.337 e. The maximum absolute atomic E-state index is 12.7. The number of carbonyl (C=O) groups is 2. The number of nitrogens with zero attached hydrogens (tertiary/aromatic N) is 2. The average molecular weight is 372 g/mol. The van der Waals surface area contributed by atoms with Gasteiger partial charge in [0, 0.05) is 35.3 Å². The molecule has 1 aromatic carbocycles. The first-order valence-corrected chi connectivity index (χ1v) is 9.92. The highest BCUT2D eigenvalue weighted by Crippen LogP contribution is 2.25. The normalized spacial score (nSPS) is 14.8. The van der Waals surface area contributed by atoms with Crippen molar-refractivity contribution in [3.8, 4) is 0 Å². The van der Waals surface area contributed by atoms with Gasteiger partial charge in [0.05, 0.1) is 11.6 Å². The zero-order valence-electron chi connectivity index (χ0n) is 15.3. The average Bonchev–Trinajstić information content (AvgIpc) is 3.06. The van der Waals surface area contributed by atoms with Gasteiger partial charge in [0.15, 0.2) is 0 Å². The van der Waals surface area contributed by atoms with E-state index in [1.807, 2.05) is 25.3 Å². The van der Waals surface area contributed by atoms with E-state index in [2.05, 4.69) is 10.3 Å². The van der Waals surface area contributed by atoms with E-state index >= 15 is 0 Å². The summed E-state index contributed by atoms with van der Waals surface area (Å²) in [6.45, 7) is 2.48. The molecule has 0 saturated heterocycles. The highest BCUT2D eigenvalue weighted by atomic mass is 32.1. The number of carbonyl (C=O) groups excluding carboxylic acids is 2. The van der Waals surface area contributed by atoms with Crippen LogP contribution in [0, 0.1) is 12.8 Å². The van der Waals surface area contributed by atoms with Crippen molar-refractivity contribution in [2.45, 2.75) is 45.6 Å². The first kappa shape index (κ1) is 18.6. The van der Waals surface area contributed by atoms with E-state index in [0.29, 0.717) is 17.8 Å². The Bertz CT molecular complexity index is 781. The number of aromatic nitrogens is 1. The lowest BCUT2D eigenvalue weighted by Gasteiger charge is -2.21. The van der Waals surface area contributed by atoms with Crippen molar-refractivity contribution >= 4 is 28.8 Å². The van der Waals surface area contributed by atoms with Gasteiger partial charge in [0.2, 0.25) is 5.91 Å². The molecule has 138 valence electrons. The van der Waals surface area contributed by atoms with E-state index in [-0.39, 0.29) is 17.7 Å². The molecule has 0 radical (unpaired) electrons. The van der Waals surface area contributed by atoms with E-state index in [9.17, 15) is 9.59 Å². The lowest BCUT2D eigenvalue weighted by atomic mass is 9.88. The third-order valence-corrected chi connectivity index (χ3v) is 5.66. The zero-order valence-corrected chi connectivity index (χ0v) is 16.1. The van der Waals surface area contributed by atoms with E-state index in [1.165, 1.54) is 6.42 Å². The summed E-state index contributed by atoms with van der Waals surface area (Å²) in [7, 11) is 1.78. The number of thiazole rings is 1. The van der Waals surface area contributed by atoms with E-state index < -0.39 is 0 Å². The molecule has 0 spiro atoms. The topological polar surface area (TPSA) is 62.3 Å². The summed E-state index contributed by atoms with van der Waals surface area (Å²) < 4.78 is 0. The predicted octanol–water partition coefficient (Wildman–Crippen LogP) is 4.24. The third-order valence-electron chi connectivity index (χ3n) is 4.76. The van der Waals surface area contributed by atoms with Crippen LogP contribution in [-0.4, -0.2) is 28.7 Å². The van der Waals surface area contributed by atoms with E-state index in [0.717, 1.165) is 35.6 Å². The molecule has 0 atom stereocenters. The second-order valence-corrected chi connectivity index (χ2v) is 8.23. The van der Waals surface area contributed by atoms with Crippen LogP contribution < -0.4 is 5.32 Å². The van der Waals surface area contributed by atoms with Crippen LogP contribution >= 0.6 is 11.3 Å². The minimum Gasteiger partial charge on any atom is -0.337 e. The minimum atomic E-state index is -0.0650. The van der Waals surface area contributed by atoms with Gasteiger partial charge in [-0.2, -0.15) is 0 Å². The Hall–Kier alpha value is -2.21. The maximum Gasteiger partial charge on any atom is 0.253 e. The van der Waals surface area contributed by atoms with Crippen molar-refractivity contribution in [2.24, 2.45) is 5.92 Å². The molecule has 2 aromatic rings. The Balaban J connectivity index is 1.63. The molecule has 1 heterocycles. The number of hydrogen-bond donors (Lipinski definition) is 1. The Morgan fingerprint density at radius 3 is 2.73 bits per heavy atom. The summed E-state index contributed by atoms with van der Waals surface area (Å²) in [6.07, 6.45) is 7.20. The highest BCUT2D eigenvalue weighted by Gasteiger charge is 2.21. The maximum atomic E-state index is 12.7. The van der Waals surface area contributed by atoms with Gasteiger partial charge in [-0.1, -0.05) is 25.3 Å².